The molecule has 0 radical (unpaired) electrons. The van der Waals surface area contributed by atoms with Gasteiger partial charge < -0.3 is 14.6 Å². The van der Waals surface area contributed by atoms with Crippen LogP contribution in [-0.4, -0.2) is 55.9 Å². The lowest BCUT2D eigenvalue weighted by molar-refractivity contribution is -0.106. The average molecular weight is 172 g/mol. The maximum atomic E-state index is 8.81. The van der Waals surface area contributed by atoms with E-state index in [0.717, 1.165) is 6.29 Å². The molecule has 1 saturated heterocycles. The lowest BCUT2D eigenvalue weighted by atomic mass is 10.3. The first kappa shape index (κ1) is 11.6. The van der Waals surface area contributed by atoms with Gasteiger partial charge in [-0.1, -0.05) is 6.92 Å². The molecule has 0 aromatic carbocycles. The van der Waals surface area contributed by atoms with Crippen molar-refractivity contribution in [1.29, 1.82) is 0 Å². The molecule has 0 saturated carbocycles. The highest BCUT2D eigenvalue weighted by molar-refractivity contribution is 5.44. The normalized spacial score (nSPS) is 19.6. The molecule has 0 amide bonds. The van der Waals surface area contributed by atoms with Crippen LogP contribution in [0, 0.1) is 0 Å². The third kappa shape index (κ3) is 5.27. The lowest BCUT2D eigenvalue weighted by Crippen LogP contribution is -2.44. The number of hydrogen-bond donors (Lipinski definition) is 0. The molecule has 1 fully saturated rings. The van der Waals surface area contributed by atoms with E-state index in [1.165, 1.54) is 39.6 Å². The van der Waals surface area contributed by atoms with Crippen LogP contribution in [0.2, 0.25) is 0 Å². The van der Waals surface area contributed by atoms with Crippen LogP contribution >= 0.6 is 0 Å². The summed E-state index contributed by atoms with van der Waals surface area (Å²) in [5, 5.41) is 0. The van der Waals surface area contributed by atoms with Gasteiger partial charge in [-0.05, 0) is 20.5 Å². The first-order chi connectivity index (χ1) is 5.74. The zero-order valence-electron chi connectivity index (χ0n) is 8.42. The van der Waals surface area contributed by atoms with Crippen molar-refractivity contribution < 1.29 is 4.79 Å². The van der Waals surface area contributed by atoms with Crippen molar-refractivity contribution in [3.05, 3.63) is 0 Å². The second-order valence-corrected chi connectivity index (χ2v) is 2.97. The van der Waals surface area contributed by atoms with E-state index in [-0.39, 0.29) is 0 Å². The van der Waals surface area contributed by atoms with Gasteiger partial charge in [-0.3, -0.25) is 0 Å². The molecule has 0 aromatic heterocycles. The molecule has 0 aromatic rings. The van der Waals surface area contributed by atoms with Crippen LogP contribution in [0.5, 0.6) is 0 Å². The van der Waals surface area contributed by atoms with Gasteiger partial charge in [0, 0.05) is 26.2 Å². The fourth-order valence-electron chi connectivity index (χ4n) is 1.16. The van der Waals surface area contributed by atoms with Crippen LogP contribution in [0.25, 0.3) is 0 Å². The quantitative estimate of drug-likeness (QED) is 0.537. The van der Waals surface area contributed by atoms with Crippen molar-refractivity contribution in [3.63, 3.8) is 0 Å². The number of likely N-dealkylation sites (N-methyl/N-ethyl adjacent to an activating group) is 2. The van der Waals surface area contributed by atoms with Crippen molar-refractivity contribution >= 4 is 6.29 Å². The largest absolute Gasteiger partial charge is 0.304 e. The number of rotatable bonds is 1. The third-order valence-corrected chi connectivity index (χ3v) is 2.04. The van der Waals surface area contributed by atoms with Crippen molar-refractivity contribution in [2.24, 2.45) is 0 Å². The van der Waals surface area contributed by atoms with Gasteiger partial charge in [-0.15, -0.1) is 0 Å². The Hall–Kier alpha value is -0.410. The third-order valence-electron chi connectivity index (χ3n) is 2.04. The molecule has 1 aliphatic heterocycles. The van der Waals surface area contributed by atoms with E-state index in [9.17, 15) is 0 Å². The van der Waals surface area contributed by atoms with Gasteiger partial charge in [0.25, 0.3) is 0 Å². The fourth-order valence-corrected chi connectivity index (χ4v) is 1.16. The van der Waals surface area contributed by atoms with Gasteiger partial charge in [0.05, 0.1) is 0 Å². The van der Waals surface area contributed by atoms with Crippen molar-refractivity contribution in [3.8, 4) is 0 Å². The Morgan fingerprint density at radius 2 is 1.67 bits per heavy atom. The predicted molar refractivity (Wildman–Crippen MR) is 51.3 cm³/mol. The van der Waals surface area contributed by atoms with Gasteiger partial charge in [0.15, 0.2) is 0 Å². The van der Waals surface area contributed by atoms with E-state index < -0.39 is 0 Å². The van der Waals surface area contributed by atoms with Gasteiger partial charge in [-0.2, -0.15) is 0 Å². The Kier molecular flexibility index (Phi) is 7.00. The van der Waals surface area contributed by atoms with E-state index >= 15 is 0 Å². The minimum atomic E-state index is 0.750. The Balaban J connectivity index is 0.000000354. The molecule has 1 heterocycles. The molecule has 72 valence electrons. The number of carbonyl (C=O) groups excluding carboxylic acids is 1. The molecule has 12 heavy (non-hydrogen) atoms. The minimum Gasteiger partial charge on any atom is -0.304 e. The zero-order chi connectivity index (χ0) is 9.40. The highest BCUT2D eigenvalue weighted by Crippen LogP contribution is 1.96. The fraction of sp³-hybridized carbons (Fsp3) is 0.889. The lowest BCUT2D eigenvalue weighted by Gasteiger charge is -2.31. The molecule has 0 aliphatic carbocycles. The number of piperazine rings is 1. The summed E-state index contributed by atoms with van der Waals surface area (Å²) in [4.78, 5) is 13.7. The molecule has 0 N–H and O–H groups in total. The van der Waals surface area contributed by atoms with Gasteiger partial charge >= 0.3 is 0 Å². The van der Waals surface area contributed by atoms with Crippen LogP contribution in [0.15, 0.2) is 0 Å². The van der Waals surface area contributed by atoms with E-state index in [1.807, 2.05) is 0 Å². The summed E-state index contributed by atoms with van der Waals surface area (Å²) in [6, 6.07) is 0. The summed E-state index contributed by atoms with van der Waals surface area (Å²) >= 11 is 0. The Morgan fingerprint density at radius 3 is 2.00 bits per heavy atom. The summed E-state index contributed by atoms with van der Waals surface area (Å²) in [5.74, 6) is 0. The average Bonchev–Trinajstić information content (AvgIpc) is 2.07. The number of carbonyl (C=O) groups is 1. The highest BCUT2D eigenvalue weighted by atomic mass is 16.1. The standard InChI is InChI=1S/C7H16N2.C2H4O/c1-3-9-6-4-8(2)5-7-9;1-2-3/h3-7H2,1-2H3;2H,1H3. The molecular formula is C9H20N2O. The van der Waals surface area contributed by atoms with Crippen molar-refractivity contribution in [2.75, 3.05) is 39.8 Å². The topological polar surface area (TPSA) is 23.6 Å². The van der Waals surface area contributed by atoms with Gasteiger partial charge in [0.1, 0.15) is 6.29 Å². The molecule has 0 unspecified atom stereocenters. The van der Waals surface area contributed by atoms with Gasteiger partial charge in [-0.25, -0.2) is 0 Å². The summed E-state index contributed by atoms with van der Waals surface area (Å²) in [6.45, 7) is 9.89. The maximum absolute atomic E-state index is 8.81. The number of hydrogen-bond acceptors (Lipinski definition) is 3. The summed E-state index contributed by atoms with van der Waals surface area (Å²) < 4.78 is 0. The van der Waals surface area contributed by atoms with E-state index in [0.29, 0.717) is 0 Å². The smallest absolute Gasteiger partial charge is 0.116 e. The van der Waals surface area contributed by atoms with Crippen molar-refractivity contribution in [2.45, 2.75) is 13.8 Å². The SMILES string of the molecule is CC=O.CCN1CCN(C)CC1. The van der Waals surface area contributed by atoms with Gasteiger partial charge in [0.2, 0.25) is 0 Å². The number of aldehydes is 1. The Bertz CT molecular complexity index is 109. The zero-order valence-corrected chi connectivity index (χ0v) is 8.42. The maximum Gasteiger partial charge on any atom is 0.116 e. The summed E-state index contributed by atoms with van der Waals surface area (Å²) in [6.07, 6.45) is 0.750. The molecule has 1 rings (SSSR count). The molecule has 0 spiro atoms. The summed E-state index contributed by atoms with van der Waals surface area (Å²) in [5.41, 5.74) is 0. The molecule has 0 atom stereocenters. The molecule has 3 nitrogen and oxygen atoms in total. The van der Waals surface area contributed by atoms with E-state index in [4.69, 9.17) is 4.79 Å². The Morgan fingerprint density at radius 1 is 1.25 bits per heavy atom. The number of nitrogens with zero attached hydrogens (tertiary/aromatic N) is 2. The first-order valence-corrected chi connectivity index (χ1v) is 4.55. The molecule has 1 aliphatic rings. The first-order valence-electron chi connectivity index (χ1n) is 4.55. The van der Waals surface area contributed by atoms with E-state index in [2.05, 4.69) is 23.8 Å². The van der Waals surface area contributed by atoms with Crippen LogP contribution in [0.4, 0.5) is 0 Å². The second-order valence-electron chi connectivity index (χ2n) is 2.97. The Labute approximate surface area is 75.3 Å². The summed E-state index contributed by atoms with van der Waals surface area (Å²) in [7, 11) is 2.19. The second kappa shape index (κ2) is 7.25. The van der Waals surface area contributed by atoms with Crippen LogP contribution in [-0.2, 0) is 4.79 Å². The van der Waals surface area contributed by atoms with Crippen LogP contribution in [0.1, 0.15) is 13.8 Å². The predicted octanol–water partition coefficient (Wildman–Crippen LogP) is 0.459. The molecule has 3 heteroatoms. The van der Waals surface area contributed by atoms with Crippen molar-refractivity contribution in [1.82, 2.24) is 9.80 Å². The monoisotopic (exact) mass is 172 g/mol. The highest BCUT2D eigenvalue weighted by Gasteiger charge is 2.10. The molecule has 0 bridgehead atoms. The van der Waals surface area contributed by atoms with E-state index in [1.54, 1.807) is 0 Å². The molecular weight excluding hydrogens is 152 g/mol. The van der Waals surface area contributed by atoms with Crippen LogP contribution < -0.4 is 0 Å². The minimum absolute atomic E-state index is 0.750. The van der Waals surface area contributed by atoms with Crippen LogP contribution in [0.3, 0.4) is 0 Å².